The zero-order valence-corrected chi connectivity index (χ0v) is 15.1. The van der Waals surface area contributed by atoms with Gasteiger partial charge in [0.15, 0.2) is 12.1 Å². The molecule has 0 aliphatic carbocycles. The fraction of sp³-hybridized carbons (Fsp3) is 0.381. The van der Waals surface area contributed by atoms with Crippen LogP contribution in [-0.2, 0) is 9.47 Å². The van der Waals surface area contributed by atoms with Crippen molar-refractivity contribution in [2.24, 2.45) is 0 Å². The van der Waals surface area contributed by atoms with E-state index in [9.17, 15) is 4.79 Å². The number of Topliss-reactive ketones (excluding diaryl/α,β-unsaturated/α-hetero) is 1. The van der Waals surface area contributed by atoms with Gasteiger partial charge in [-0.25, -0.2) is 0 Å². The Hall–Kier alpha value is -2.37. The van der Waals surface area contributed by atoms with Gasteiger partial charge in [-0.1, -0.05) is 12.1 Å². The molecule has 2 aromatic carbocycles. The quantitative estimate of drug-likeness (QED) is 0.673. The van der Waals surface area contributed by atoms with Crippen LogP contribution in [0.2, 0.25) is 0 Å². The highest BCUT2D eigenvalue weighted by Crippen LogP contribution is 2.29. The normalized spacial score (nSPS) is 15.6. The van der Waals surface area contributed by atoms with Gasteiger partial charge >= 0.3 is 0 Å². The fourth-order valence-corrected chi connectivity index (χ4v) is 3.12. The highest BCUT2D eigenvalue weighted by Gasteiger charge is 2.25. The average Bonchev–Trinajstić information content (AvgIpc) is 3.22. The van der Waals surface area contributed by atoms with Crippen molar-refractivity contribution >= 4 is 5.78 Å². The Bertz CT molecular complexity index is 702. The first kappa shape index (κ1) is 18.4. The lowest BCUT2D eigenvalue weighted by Gasteiger charge is -2.19. The molecule has 0 radical (unpaired) electrons. The Balaban J connectivity index is 1.80. The second kappa shape index (κ2) is 8.83. The molecule has 0 N–H and O–H groups in total. The predicted octanol–water partition coefficient (Wildman–Crippen LogP) is 3.82. The smallest absolute Gasteiger partial charge is 0.170 e. The second-order valence-corrected chi connectivity index (χ2v) is 6.17. The maximum atomic E-state index is 13.2. The monoisotopic (exact) mass is 356 g/mol. The third-order valence-corrected chi connectivity index (χ3v) is 4.59. The Morgan fingerprint density at radius 3 is 2.04 bits per heavy atom. The van der Waals surface area contributed by atoms with Crippen molar-refractivity contribution in [2.45, 2.75) is 25.0 Å². The lowest BCUT2D eigenvalue weighted by molar-refractivity contribution is -0.0483. The first-order valence-electron chi connectivity index (χ1n) is 8.76. The van der Waals surface area contributed by atoms with Crippen LogP contribution >= 0.6 is 0 Å². The molecular formula is C21H24O5. The maximum absolute atomic E-state index is 13.2. The highest BCUT2D eigenvalue weighted by molar-refractivity contribution is 6.01. The van der Waals surface area contributed by atoms with Crippen molar-refractivity contribution in [3.05, 3.63) is 59.7 Å². The van der Waals surface area contributed by atoms with Gasteiger partial charge in [-0.15, -0.1) is 0 Å². The van der Waals surface area contributed by atoms with E-state index in [4.69, 9.17) is 18.9 Å². The van der Waals surface area contributed by atoms with Crippen LogP contribution in [0.3, 0.4) is 0 Å². The summed E-state index contributed by atoms with van der Waals surface area (Å²) >= 11 is 0. The number of rotatable bonds is 8. The van der Waals surface area contributed by atoms with E-state index < -0.39 is 0 Å². The zero-order valence-electron chi connectivity index (χ0n) is 15.1. The van der Waals surface area contributed by atoms with Crippen molar-refractivity contribution in [3.63, 3.8) is 0 Å². The van der Waals surface area contributed by atoms with Crippen LogP contribution in [0, 0.1) is 0 Å². The molecular weight excluding hydrogens is 332 g/mol. The average molecular weight is 356 g/mol. The summed E-state index contributed by atoms with van der Waals surface area (Å²) in [6.07, 6.45) is 1.11. The van der Waals surface area contributed by atoms with Gasteiger partial charge in [0.2, 0.25) is 0 Å². The molecule has 5 heteroatoms. The standard InChI is InChI=1S/C21H24O5/c1-23-17-7-3-15(4-8-17)19(11-12-20-25-13-14-26-20)21(22)16-5-9-18(24-2)10-6-16/h3-10,19-20H,11-14H2,1-2H3. The molecule has 1 unspecified atom stereocenters. The van der Waals surface area contributed by atoms with E-state index in [-0.39, 0.29) is 18.0 Å². The first-order chi connectivity index (χ1) is 12.7. The van der Waals surface area contributed by atoms with E-state index in [1.165, 1.54) is 0 Å². The SMILES string of the molecule is COc1ccc(C(=O)C(CCC2OCCO2)c2ccc(OC)cc2)cc1. The molecule has 1 aliphatic rings. The molecule has 1 fully saturated rings. The Morgan fingerprint density at radius 2 is 1.50 bits per heavy atom. The number of methoxy groups -OCH3 is 2. The molecule has 1 atom stereocenters. The minimum atomic E-state index is -0.262. The van der Waals surface area contributed by atoms with Gasteiger partial charge in [-0.2, -0.15) is 0 Å². The van der Waals surface area contributed by atoms with E-state index in [0.29, 0.717) is 31.6 Å². The van der Waals surface area contributed by atoms with E-state index in [2.05, 4.69) is 0 Å². The summed E-state index contributed by atoms with van der Waals surface area (Å²) in [5.41, 5.74) is 1.63. The zero-order chi connectivity index (χ0) is 18.4. The minimum Gasteiger partial charge on any atom is -0.497 e. The van der Waals surface area contributed by atoms with Crippen LogP contribution in [0.25, 0.3) is 0 Å². The van der Waals surface area contributed by atoms with Crippen LogP contribution in [0.1, 0.15) is 34.7 Å². The Morgan fingerprint density at radius 1 is 0.962 bits per heavy atom. The highest BCUT2D eigenvalue weighted by atomic mass is 16.7. The lowest BCUT2D eigenvalue weighted by Crippen LogP contribution is -2.17. The van der Waals surface area contributed by atoms with Gasteiger partial charge in [0, 0.05) is 11.5 Å². The number of ketones is 1. The van der Waals surface area contributed by atoms with E-state index in [1.807, 2.05) is 36.4 Å². The lowest BCUT2D eigenvalue weighted by atomic mass is 9.87. The van der Waals surface area contributed by atoms with Gasteiger partial charge in [0.25, 0.3) is 0 Å². The van der Waals surface area contributed by atoms with Crippen molar-refractivity contribution in [1.82, 2.24) is 0 Å². The van der Waals surface area contributed by atoms with E-state index in [0.717, 1.165) is 17.1 Å². The van der Waals surface area contributed by atoms with Gasteiger partial charge in [-0.3, -0.25) is 4.79 Å². The molecule has 5 nitrogen and oxygen atoms in total. The molecule has 0 bridgehead atoms. The third-order valence-electron chi connectivity index (χ3n) is 4.59. The fourth-order valence-electron chi connectivity index (χ4n) is 3.12. The first-order valence-corrected chi connectivity index (χ1v) is 8.76. The van der Waals surface area contributed by atoms with Gasteiger partial charge < -0.3 is 18.9 Å². The summed E-state index contributed by atoms with van der Waals surface area (Å²) in [6.45, 7) is 1.23. The van der Waals surface area contributed by atoms with Crippen molar-refractivity contribution in [2.75, 3.05) is 27.4 Å². The third kappa shape index (κ3) is 4.42. The van der Waals surface area contributed by atoms with Crippen molar-refractivity contribution in [3.8, 4) is 11.5 Å². The minimum absolute atomic E-state index is 0.0795. The van der Waals surface area contributed by atoms with Crippen molar-refractivity contribution < 1.29 is 23.7 Å². The molecule has 0 spiro atoms. The number of benzene rings is 2. The molecule has 0 amide bonds. The molecule has 2 aromatic rings. The number of carbonyl (C=O) groups excluding carboxylic acids is 1. The number of carbonyl (C=O) groups is 1. The molecule has 138 valence electrons. The Kier molecular flexibility index (Phi) is 6.26. The maximum Gasteiger partial charge on any atom is 0.170 e. The van der Waals surface area contributed by atoms with E-state index in [1.54, 1.807) is 26.4 Å². The van der Waals surface area contributed by atoms with Gasteiger partial charge in [0.1, 0.15) is 11.5 Å². The van der Waals surface area contributed by atoms with Crippen LogP contribution < -0.4 is 9.47 Å². The molecule has 1 heterocycles. The summed E-state index contributed by atoms with van der Waals surface area (Å²) in [6, 6.07) is 14.9. The van der Waals surface area contributed by atoms with E-state index >= 15 is 0 Å². The van der Waals surface area contributed by atoms with Gasteiger partial charge in [-0.05, 0) is 54.8 Å². The molecule has 1 aliphatic heterocycles. The largest absolute Gasteiger partial charge is 0.497 e. The molecule has 3 rings (SSSR count). The van der Waals surface area contributed by atoms with Crippen LogP contribution in [-0.4, -0.2) is 39.5 Å². The number of hydrogen-bond acceptors (Lipinski definition) is 5. The second-order valence-electron chi connectivity index (χ2n) is 6.17. The summed E-state index contributed by atoms with van der Waals surface area (Å²) in [5, 5.41) is 0. The summed E-state index contributed by atoms with van der Waals surface area (Å²) in [7, 11) is 3.24. The summed E-state index contributed by atoms with van der Waals surface area (Å²) < 4.78 is 21.4. The van der Waals surface area contributed by atoms with Crippen LogP contribution in [0.5, 0.6) is 11.5 Å². The van der Waals surface area contributed by atoms with Crippen LogP contribution in [0.4, 0.5) is 0 Å². The van der Waals surface area contributed by atoms with Gasteiger partial charge in [0.05, 0.1) is 27.4 Å². The number of hydrogen-bond donors (Lipinski definition) is 0. The summed E-state index contributed by atoms with van der Waals surface area (Å²) in [4.78, 5) is 13.2. The molecule has 0 aromatic heterocycles. The molecule has 0 saturated carbocycles. The molecule has 26 heavy (non-hydrogen) atoms. The topological polar surface area (TPSA) is 54.0 Å². The summed E-state index contributed by atoms with van der Waals surface area (Å²) in [5.74, 6) is 1.32. The van der Waals surface area contributed by atoms with Crippen molar-refractivity contribution in [1.29, 1.82) is 0 Å². The molecule has 1 saturated heterocycles. The predicted molar refractivity (Wildman–Crippen MR) is 98.0 cm³/mol. The Labute approximate surface area is 153 Å². The van der Waals surface area contributed by atoms with Crippen LogP contribution in [0.15, 0.2) is 48.5 Å². The number of ether oxygens (including phenoxy) is 4.